The molecule has 2 unspecified atom stereocenters. The molecule has 1 aromatic heterocycles. The molecule has 3 rings (SSSR count). The van der Waals surface area contributed by atoms with Gasteiger partial charge in [-0.1, -0.05) is 24.3 Å². The van der Waals surface area contributed by atoms with Crippen LogP contribution in [0.1, 0.15) is 47.6 Å². The zero-order chi connectivity index (χ0) is 14.1. The minimum atomic E-state index is 0.132. The van der Waals surface area contributed by atoms with Crippen molar-refractivity contribution in [1.29, 1.82) is 0 Å². The molecule has 0 spiro atoms. The summed E-state index contributed by atoms with van der Waals surface area (Å²) < 4.78 is 0. The van der Waals surface area contributed by atoms with E-state index in [1.165, 1.54) is 11.1 Å². The summed E-state index contributed by atoms with van der Waals surface area (Å²) in [7, 11) is 0. The van der Waals surface area contributed by atoms with Gasteiger partial charge in [0.2, 0.25) is 0 Å². The molecule has 0 saturated carbocycles. The second-order valence-corrected chi connectivity index (χ2v) is 5.83. The average molecular weight is 267 g/mol. The number of hydrogen-bond donors (Lipinski definition) is 1. The van der Waals surface area contributed by atoms with Crippen molar-refractivity contribution >= 4 is 0 Å². The van der Waals surface area contributed by atoms with E-state index in [2.05, 4.69) is 29.2 Å². The van der Waals surface area contributed by atoms with Gasteiger partial charge < -0.3 is 5.73 Å². The number of aromatic nitrogens is 2. The van der Waals surface area contributed by atoms with Crippen LogP contribution in [0.2, 0.25) is 0 Å². The average Bonchev–Trinajstić information content (AvgIpc) is 2.80. The third kappa shape index (κ3) is 2.59. The fourth-order valence-corrected chi connectivity index (χ4v) is 3.07. The van der Waals surface area contributed by atoms with Crippen LogP contribution in [-0.2, 0) is 12.8 Å². The standard InChI is InChI=1S/C17H21N3/c1-11(18)9-14-10-12(2)19-17(20-14)16-8-7-13-5-3-4-6-15(13)16/h3-6,10-11,16H,7-9,18H2,1-2H3. The number of rotatable bonds is 3. The lowest BCUT2D eigenvalue weighted by atomic mass is 10.00. The Hall–Kier alpha value is -1.74. The molecular formula is C17H21N3. The highest BCUT2D eigenvalue weighted by Gasteiger charge is 2.26. The van der Waals surface area contributed by atoms with E-state index in [1.54, 1.807) is 0 Å². The predicted molar refractivity (Wildman–Crippen MR) is 80.7 cm³/mol. The molecule has 0 bridgehead atoms. The summed E-state index contributed by atoms with van der Waals surface area (Å²) in [4.78, 5) is 9.43. The van der Waals surface area contributed by atoms with E-state index in [9.17, 15) is 0 Å². The van der Waals surface area contributed by atoms with Gasteiger partial charge in [0.1, 0.15) is 5.82 Å². The van der Waals surface area contributed by atoms with Gasteiger partial charge in [0.05, 0.1) is 0 Å². The van der Waals surface area contributed by atoms with Crippen LogP contribution in [-0.4, -0.2) is 16.0 Å². The van der Waals surface area contributed by atoms with E-state index in [4.69, 9.17) is 10.7 Å². The van der Waals surface area contributed by atoms with Gasteiger partial charge in [0.15, 0.2) is 0 Å². The van der Waals surface area contributed by atoms with Gasteiger partial charge in [0.25, 0.3) is 0 Å². The molecule has 2 aromatic rings. The Labute approximate surface area is 120 Å². The van der Waals surface area contributed by atoms with Gasteiger partial charge in [-0.05, 0) is 43.9 Å². The normalized spacial score (nSPS) is 18.9. The van der Waals surface area contributed by atoms with Gasteiger partial charge >= 0.3 is 0 Å². The number of nitrogens with zero attached hydrogens (tertiary/aromatic N) is 2. The van der Waals surface area contributed by atoms with Crippen LogP contribution >= 0.6 is 0 Å². The minimum absolute atomic E-state index is 0.132. The van der Waals surface area contributed by atoms with E-state index in [0.717, 1.165) is 36.5 Å². The molecule has 0 saturated heterocycles. The number of aryl methyl sites for hydroxylation is 2. The Morgan fingerprint density at radius 3 is 2.90 bits per heavy atom. The second kappa shape index (κ2) is 5.33. The molecule has 0 amide bonds. The summed E-state index contributed by atoms with van der Waals surface area (Å²) in [5, 5.41) is 0. The van der Waals surface area contributed by atoms with Crippen LogP contribution in [0.3, 0.4) is 0 Å². The summed E-state index contributed by atoms with van der Waals surface area (Å²) in [5.41, 5.74) is 10.8. The van der Waals surface area contributed by atoms with Crippen LogP contribution in [0.15, 0.2) is 30.3 Å². The van der Waals surface area contributed by atoms with Gasteiger partial charge in [-0.15, -0.1) is 0 Å². The molecule has 1 aliphatic carbocycles. The number of hydrogen-bond acceptors (Lipinski definition) is 3. The molecule has 3 nitrogen and oxygen atoms in total. The van der Waals surface area contributed by atoms with Crippen LogP contribution in [0, 0.1) is 6.92 Å². The highest BCUT2D eigenvalue weighted by Crippen LogP contribution is 2.36. The molecule has 104 valence electrons. The van der Waals surface area contributed by atoms with Gasteiger partial charge in [-0.2, -0.15) is 0 Å². The molecule has 2 N–H and O–H groups in total. The van der Waals surface area contributed by atoms with Crippen molar-refractivity contribution in [3.8, 4) is 0 Å². The maximum absolute atomic E-state index is 5.89. The monoisotopic (exact) mass is 267 g/mol. The highest BCUT2D eigenvalue weighted by atomic mass is 14.9. The van der Waals surface area contributed by atoms with E-state index in [-0.39, 0.29) is 6.04 Å². The van der Waals surface area contributed by atoms with Crippen molar-refractivity contribution in [3.63, 3.8) is 0 Å². The first kappa shape index (κ1) is 13.3. The molecule has 20 heavy (non-hydrogen) atoms. The molecule has 0 radical (unpaired) electrons. The van der Waals surface area contributed by atoms with Crippen LogP contribution in [0.25, 0.3) is 0 Å². The third-order valence-corrected chi connectivity index (χ3v) is 3.90. The zero-order valence-electron chi connectivity index (χ0n) is 12.1. The largest absolute Gasteiger partial charge is 0.328 e. The molecule has 1 aliphatic rings. The lowest BCUT2D eigenvalue weighted by Gasteiger charge is -2.13. The van der Waals surface area contributed by atoms with Crippen molar-refractivity contribution in [3.05, 3.63) is 58.7 Å². The zero-order valence-corrected chi connectivity index (χ0v) is 12.1. The molecule has 0 fully saturated rings. The van der Waals surface area contributed by atoms with E-state index in [0.29, 0.717) is 5.92 Å². The maximum Gasteiger partial charge on any atom is 0.136 e. The molecule has 0 aliphatic heterocycles. The lowest BCUT2D eigenvalue weighted by molar-refractivity contribution is 0.681. The first-order valence-corrected chi connectivity index (χ1v) is 7.31. The Morgan fingerprint density at radius 1 is 1.30 bits per heavy atom. The Bertz CT molecular complexity index is 619. The Morgan fingerprint density at radius 2 is 2.10 bits per heavy atom. The second-order valence-electron chi connectivity index (χ2n) is 5.83. The Balaban J connectivity index is 1.97. The van der Waals surface area contributed by atoms with E-state index < -0.39 is 0 Å². The maximum atomic E-state index is 5.89. The van der Waals surface area contributed by atoms with Crippen molar-refractivity contribution in [2.75, 3.05) is 0 Å². The molecular weight excluding hydrogens is 246 g/mol. The quantitative estimate of drug-likeness (QED) is 0.930. The minimum Gasteiger partial charge on any atom is -0.328 e. The molecule has 1 heterocycles. The van der Waals surface area contributed by atoms with E-state index in [1.807, 2.05) is 19.9 Å². The van der Waals surface area contributed by atoms with Crippen molar-refractivity contribution in [1.82, 2.24) is 9.97 Å². The first-order valence-electron chi connectivity index (χ1n) is 7.31. The third-order valence-electron chi connectivity index (χ3n) is 3.90. The van der Waals surface area contributed by atoms with Crippen LogP contribution < -0.4 is 5.73 Å². The van der Waals surface area contributed by atoms with Crippen LogP contribution in [0.4, 0.5) is 0 Å². The van der Waals surface area contributed by atoms with Gasteiger partial charge in [-0.3, -0.25) is 0 Å². The van der Waals surface area contributed by atoms with Crippen molar-refractivity contribution in [2.45, 2.75) is 45.1 Å². The topological polar surface area (TPSA) is 51.8 Å². The SMILES string of the molecule is Cc1cc(CC(C)N)nc(C2CCc3ccccc32)n1. The number of fused-ring (bicyclic) bond motifs is 1. The van der Waals surface area contributed by atoms with Crippen LogP contribution in [0.5, 0.6) is 0 Å². The fourth-order valence-electron chi connectivity index (χ4n) is 3.07. The Kier molecular flexibility index (Phi) is 3.53. The summed E-state index contributed by atoms with van der Waals surface area (Å²) in [6.07, 6.45) is 3.05. The van der Waals surface area contributed by atoms with Gasteiger partial charge in [0, 0.05) is 29.8 Å². The fraction of sp³-hybridized carbons (Fsp3) is 0.412. The van der Waals surface area contributed by atoms with E-state index >= 15 is 0 Å². The molecule has 3 heteroatoms. The van der Waals surface area contributed by atoms with Crippen molar-refractivity contribution < 1.29 is 0 Å². The summed E-state index contributed by atoms with van der Waals surface area (Å²) in [6, 6.07) is 10.8. The summed E-state index contributed by atoms with van der Waals surface area (Å²) >= 11 is 0. The predicted octanol–water partition coefficient (Wildman–Crippen LogP) is 2.75. The first-order chi connectivity index (χ1) is 9.63. The molecule has 1 aromatic carbocycles. The smallest absolute Gasteiger partial charge is 0.136 e. The number of nitrogens with two attached hydrogens (primary N) is 1. The number of benzene rings is 1. The highest BCUT2D eigenvalue weighted by molar-refractivity contribution is 5.38. The van der Waals surface area contributed by atoms with Gasteiger partial charge in [-0.25, -0.2) is 9.97 Å². The lowest BCUT2D eigenvalue weighted by Crippen LogP contribution is -2.19. The van der Waals surface area contributed by atoms with Crippen molar-refractivity contribution in [2.24, 2.45) is 5.73 Å². The molecule has 2 atom stereocenters. The summed E-state index contributed by atoms with van der Waals surface area (Å²) in [6.45, 7) is 4.05. The summed E-state index contributed by atoms with van der Waals surface area (Å²) in [5.74, 6) is 1.31.